The molecule has 0 heterocycles. The molecule has 0 aliphatic rings. The fraction of sp³-hybridized carbons (Fsp3) is 0.500. The van der Waals surface area contributed by atoms with E-state index in [-0.39, 0.29) is 13.0 Å². The van der Waals surface area contributed by atoms with E-state index in [2.05, 4.69) is 39.4 Å². The molecule has 0 aromatic heterocycles. The second kappa shape index (κ2) is 6.68. The molecule has 0 aromatic carbocycles. The van der Waals surface area contributed by atoms with Crippen LogP contribution in [0.25, 0.3) is 0 Å². The molecule has 0 aliphatic heterocycles. The highest BCUT2D eigenvalue weighted by atomic mass is 127. The maximum atomic E-state index is 9.90. The second-order valence-corrected chi connectivity index (χ2v) is 2.17. The number of hydrogen-bond acceptors (Lipinski definition) is 2. The van der Waals surface area contributed by atoms with Crippen LogP contribution in [-0.4, -0.2) is 22.1 Å². The Labute approximate surface area is 72.9 Å². The molecule has 0 spiro atoms. The van der Waals surface area contributed by atoms with E-state index in [0.717, 1.165) is 0 Å². The molecule has 0 saturated carbocycles. The predicted molar refractivity (Wildman–Crippen MR) is 44.9 cm³/mol. The number of carbonyl (C=O) groups is 1. The van der Waals surface area contributed by atoms with E-state index >= 15 is 0 Å². The van der Waals surface area contributed by atoms with Crippen molar-refractivity contribution in [1.82, 2.24) is 0 Å². The average Bonchev–Trinajstić information content (AvgIpc) is 1.87. The van der Waals surface area contributed by atoms with Gasteiger partial charge in [0.2, 0.25) is 0 Å². The first-order chi connectivity index (χ1) is 4.77. The van der Waals surface area contributed by atoms with Gasteiger partial charge in [0.1, 0.15) is 12.7 Å². The molecule has 0 rings (SSSR count). The number of alkyl halides is 1. The molecule has 56 valence electrons. The number of ether oxygens (including phenoxy) is 1. The van der Waals surface area contributed by atoms with Crippen molar-refractivity contribution in [2.75, 3.05) is 11.0 Å². The molecule has 0 radical (unpaired) electrons. The van der Waals surface area contributed by atoms with Crippen molar-refractivity contribution in [3.8, 4) is 12.0 Å². The monoisotopic (exact) mass is 254 g/mol. The molecule has 0 bridgehead atoms. The van der Waals surface area contributed by atoms with Gasteiger partial charge in [0.15, 0.2) is 0 Å². The minimum absolute atomic E-state index is 0.00985. The largest absolute Gasteiger partial charge is 0.481 e. The zero-order chi connectivity index (χ0) is 7.82. The smallest absolute Gasteiger partial charge is 0.306 e. The van der Waals surface area contributed by atoms with Crippen molar-refractivity contribution in [3.63, 3.8) is 0 Å². The minimum Gasteiger partial charge on any atom is -0.481 e. The zero-order valence-corrected chi connectivity index (χ0v) is 7.42. The third-order valence-electron chi connectivity index (χ3n) is 0.629. The molecular formula is C6H7IO3. The van der Waals surface area contributed by atoms with Crippen LogP contribution in [0.2, 0.25) is 0 Å². The lowest BCUT2D eigenvalue weighted by atomic mass is 10.5. The number of carboxylic acids is 1. The van der Waals surface area contributed by atoms with E-state index in [0.29, 0.717) is 4.43 Å². The Morgan fingerprint density at radius 1 is 1.70 bits per heavy atom. The summed E-state index contributed by atoms with van der Waals surface area (Å²) in [4.78, 5) is 9.90. The summed E-state index contributed by atoms with van der Waals surface area (Å²) < 4.78 is 5.34. The summed E-state index contributed by atoms with van der Waals surface area (Å²) in [7, 11) is 0. The highest BCUT2D eigenvalue weighted by Gasteiger charge is 1.93. The van der Waals surface area contributed by atoms with Gasteiger partial charge in [-0.15, -0.1) is 0 Å². The van der Waals surface area contributed by atoms with Crippen LogP contribution in [0.1, 0.15) is 6.42 Å². The topological polar surface area (TPSA) is 46.5 Å². The molecule has 0 atom stereocenters. The molecule has 0 amide bonds. The number of hydrogen-bond donors (Lipinski definition) is 1. The first-order valence-electron chi connectivity index (χ1n) is 2.64. The van der Waals surface area contributed by atoms with Crippen molar-refractivity contribution in [1.29, 1.82) is 0 Å². The maximum Gasteiger partial charge on any atom is 0.306 e. The lowest BCUT2D eigenvalue weighted by Gasteiger charge is -1.90. The highest BCUT2D eigenvalue weighted by molar-refractivity contribution is 14.1. The summed E-state index contributed by atoms with van der Waals surface area (Å²) in [6.45, 7) is 0.166. The van der Waals surface area contributed by atoms with Crippen molar-refractivity contribution in [2.45, 2.75) is 6.42 Å². The first-order valence-corrected chi connectivity index (χ1v) is 4.17. The lowest BCUT2D eigenvalue weighted by Crippen LogP contribution is -1.99. The van der Waals surface area contributed by atoms with Gasteiger partial charge in [-0.05, 0) is 5.92 Å². The Morgan fingerprint density at radius 3 is 2.90 bits per heavy atom. The summed E-state index contributed by atoms with van der Waals surface area (Å²) >= 11 is 2.08. The third kappa shape index (κ3) is 7.56. The van der Waals surface area contributed by atoms with Crippen molar-refractivity contribution >= 4 is 28.6 Å². The van der Waals surface area contributed by atoms with Gasteiger partial charge in [-0.2, -0.15) is 0 Å². The van der Waals surface area contributed by atoms with Crippen LogP contribution in [0.3, 0.4) is 0 Å². The molecule has 0 fully saturated rings. The molecule has 0 aliphatic carbocycles. The average molecular weight is 254 g/mol. The molecule has 0 unspecified atom stereocenters. The van der Waals surface area contributed by atoms with Gasteiger partial charge < -0.3 is 9.84 Å². The fourth-order valence-corrected chi connectivity index (χ4v) is 0.423. The fourth-order valence-electron chi connectivity index (χ4n) is 0.268. The van der Waals surface area contributed by atoms with Crippen molar-refractivity contribution in [3.05, 3.63) is 0 Å². The minimum atomic E-state index is -0.865. The Balaban J connectivity index is 3.13. The third-order valence-corrected chi connectivity index (χ3v) is 1.01. The lowest BCUT2D eigenvalue weighted by molar-refractivity contribution is -0.137. The molecule has 1 N–H and O–H groups in total. The zero-order valence-electron chi connectivity index (χ0n) is 5.26. The van der Waals surface area contributed by atoms with Crippen LogP contribution >= 0.6 is 22.6 Å². The van der Waals surface area contributed by atoms with E-state index in [1.165, 1.54) is 0 Å². The Bertz CT molecular complexity index is 156. The molecule has 0 saturated heterocycles. The van der Waals surface area contributed by atoms with Gasteiger partial charge in [0.05, 0.1) is 10.8 Å². The van der Waals surface area contributed by atoms with Gasteiger partial charge in [0.25, 0.3) is 0 Å². The highest BCUT2D eigenvalue weighted by Crippen LogP contribution is 1.80. The van der Waals surface area contributed by atoms with Crippen LogP contribution in [-0.2, 0) is 9.53 Å². The van der Waals surface area contributed by atoms with Crippen molar-refractivity contribution in [2.24, 2.45) is 0 Å². The van der Waals surface area contributed by atoms with E-state index < -0.39 is 5.97 Å². The SMILES string of the molecule is O=C(O)CCOC#CCI. The predicted octanol–water partition coefficient (Wildman–Crippen LogP) is 0.874. The van der Waals surface area contributed by atoms with E-state index in [4.69, 9.17) is 5.11 Å². The van der Waals surface area contributed by atoms with Crippen LogP contribution in [0.15, 0.2) is 0 Å². The molecule has 3 nitrogen and oxygen atoms in total. The number of rotatable bonds is 3. The van der Waals surface area contributed by atoms with Crippen LogP contribution < -0.4 is 0 Å². The molecule has 4 heteroatoms. The quantitative estimate of drug-likeness (QED) is 0.352. The summed E-state index contributed by atoms with van der Waals surface area (Å²) in [5.41, 5.74) is 0. The molecular weight excluding hydrogens is 247 g/mol. The number of aliphatic carboxylic acids is 1. The van der Waals surface area contributed by atoms with Crippen LogP contribution in [0.5, 0.6) is 0 Å². The summed E-state index contributed by atoms with van der Waals surface area (Å²) in [5.74, 6) is 1.78. The second-order valence-electron chi connectivity index (χ2n) is 1.40. The summed E-state index contributed by atoms with van der Waals surface area (Å²) in [6, 6.07) is 0. The van der Waals surface area contributed by atoms with Crippen LogP contribution in [0, 0.1) is 12.0 Å². The van der Waals surface area contributed by atoms with Crippen molar-refractivity contribution < 1.29 is 14.6 Å². The summed E-state index contributed by atoms with van der Waals surface area (Å²) in [5, 5.41) is 8.14. The first kappa shape index (κ1) is 9.56. The number of halogens is 1. The standard InChI is InChI=1S/C6H7IO3/c7-3-1-4-10-5-2-6(8)9/h2-3,5H2,(H,8,9). The van der Waals surface area contributed by atoms with E-state index in [9.17, 15) is 4.79 Å². The Kier molecular flexibility index (Phi) is 6.38. The van der Waals surface area contributed by atoms with Gasteiger partial charge in [-0.1, -0.05) is 22.6 Å². The maximum absolute atomic E-state index is 9.90. The van der Waals surface area contributed by atoms with E-state index in [1.807, 2.05) is 0 Å². The van der Waals surface area contributed by atoms with Crippen LogP contribution in [0.4, 0.5) is 0 Å². The Hall–Kier alpha value is -0.440. The van der Waals surface area contributed by atoms with Gasteiger partial charge in [-0.3, -0.25) is 4.79 Å². The normalized spacial score (nSPS) is 7.70. The number of carboxylic acid groups (broad SMARTS) is 1. The van der Waals surface area contributed by atoms with Gasteiger partial charge >= 0.3 is 5.97 Å². The molecule has 10 heavy (non-hydrogen) atoms. The Morgan fingerprint density at radius 2 is 2.40 bits per heavy atom. The summed E-state index contributed by atoms with van der Waals surface area (Å²) in [6.07, 6.45) is 2.38. The van der Waals surface area contributed by atoms with Gasteiger partial charge in [0, 0.05) is 0 Å². The van der Waals surface area contributed by atoms with E-state index in [1.54, 1.807) is 0 Å². The van der Waals surface area contributed by atoms with Gasteiger partial charge in [-0.25, -0.2) is 0 Å². The molecule has 0 aromatic rings.